The molecule has 1 aliphatic rings. The first-order valence-electron chi connectivity index (χ1n) is 12.6. The van der Waals surface area contributed by atoms with E-state index in [0.29, 0.717) is 28.0 Å². The van der Waals surface area contributed by atoms with Crippen LogP contribution in [-0.2, 0) is 4.74 Å². The molecular formula is C28H31ClN4O4S. The predicted octanol–water partition coefficient (Wildman–Crippen LogP) is 5.29. The van der Waals surface area contributed by atoms with Crippen LogP contribution in [0.2, 0.25) is 5.02 Å². The number of esters is 1. The lowest BCUT2D eigenvalue weighted by Crippen LogP contribution is -2.45. The van der Waals surface area contributed by atoms with Gasteiger partial charge in [-0.3, -0.25) is 9.47 Å². The average molecular weight is 555 g/mol. The number of ether oxygens (including phenoxy) is 3. The number of nitrogens with zero attached hydrogens (tertiary/aromatic N) is 4. The van der Waals surface area contributed by atoms with Crippen molar-refractivity contribution in [2.75, 3.05) is 53.5 Å². The normalized spacial score (nSPS) is 15.5. The van der Waals surface area contributed by atoms with Crippen LogP contribution in [0.15, 0.2) is 54.9 Å². The van der Waals surface area contributed by atoms with Gasteiger partial charge >= 0.3 is 5.97 Å². The second-order valence-corrected chi connectivity index (χ2v) is 10.7. The fraction of sp³-hybridized carbons (Fsp3) is 0.357. The van der Waals surface area contributed by atoms with Crippen molar-refractivity contribution in [1.29, 1.82) is 0 Å². The van der Waals surface area contributed by atoms with E-state index >= 15 is 0 Å². The van der Waals surface area contributed by atoms with Crippen LogP contribution in [0, 0.1) is 0 Å². The summed E-state index contributed by atoms with van der Waals surface area (Å²) in [6, 6.07) is 15.4. The van der Waals surface area contributed by atoms with Crippen molar-refractivity contribution in [2.45, 2.75) is 13.0 Å². The van der Waals surface area contributed by atoms with Crippen molar-refractivity contribution < 1.29 is 19.0 Å². The summed E-state index contributed by atoms with van der Waals surface area (Å²) < 4.78 is 19.3. The Morgan fingerprint density at radius 3 is 2.68 bits per heavy atom. The molecule has 0 amide bonds. The Labute approximate surface area is 231 Å². The first-order chi connectivity index (χ1) is 18.4. The van der Waals surface area contributed by atoms with Gasteiger partial charge in [0, 0.05) is 44.4 Å². The molecule has 0 bridgehead atoms. The Morgan fingerprint density at radius 2 is 1.89 bits per heavy atom. The zero-order chi connectivity index (χ0) is 26.6. The maximum atomic E-state index is 12.6. The summed E-state index contributed by atoms with van der Waals surface area (Å²) in [5.74, 6) is 0.595. The maximum absolute atomic E-state index is 12.6. The molecule has 38 heavy (non-hydrogen) atoms. The van der Waals surface area contributed by atoms with Crippen molar-refractivity contribution in [1.82, 2.24) is 19.4 Å². The molecule has 0 saturated carbocycles. The number of carbonyl (C=O) groups excluding carboxylic acids is 1. The molecule has 1 fully saturated rings. The predicted molar refractivity (Wildman–Crippen MR) is 150 cm³/mol. The number of piperazine rings is 1. The molecule has 0 aliphatic carbocycles. The van der Waals surface area contributed by atoms with Crippen LogP contribution in [-0.4, -0.2) is 78.8 Å². The summed E-state index contributed by atoms with van der Waals surface area (Å²) in [4.78, 5) is 22.2. The number of methoxy groups -OCH3 is 1. The zero-order valence-corrected chi connectivity index (χ0v) is 23.3. The van der Waals surface area contributed by atoms with Crippen molar-refractivity contribution in [3.63, 3.8) is 0 Å². The van der Waals surface area contributed by atoms with Gasteiger partial charge in [0.25, 0.3) is 0 Å². The number of halogens is 1. The molecule has 0 N–H and O–H groups in total. The van der Waals surface area contributed by atoms with Crippen LogP contribution in [0.4, 0.5) is 0 Å². The van der Waals surface area contributed by atoms with E-state index in [2.05, 4.69) is 21.8 Å². The van der Waals surface area contributed by atoms with Crippen LogP contribution >= 0.6 is 22.9 Å². The molecule has 200 valence electrons. The first kappa shape index (κ1) is 26.5. The number of likely N-dealkylation sites (N-methyl/N-ethyl adjacent to an activating group) is 1. The summed E-state index contributed by atoms with van der Waals surface area (Å²) in [6.45, 7) is 7.53. The fourth-order valence-corrected chi connectivity index (χ4v) is 5.83. The number of carbonyl (C=O) groups is 1. The van der Waals surface area contributed by atoms with E-state index in [0.717, 1.165) is 54.3 Å². The van der Waals surface area contributed by atoms with Crippen molar-refractivity contribution in [3.05, 3.63) is 70.3 Å². The molecular weight excluding hydrogens is 524 g/mol. The number of imidazole rings is 1. The van der Waals surface area contributed by atoms with Gasteiger partial charge in [0.1, 0.15) is 35.5 Å². The van der Waals surface area contributed by atoms with Crippen LogP contribution in [0.5, 0.6) is 11.5 Å². The monoisotopic (exact) mass is 554 g/mol. The number of hydrogen-bond donors (Lipinski definition) is 0. The van der Waals surface area contributed by atoms with Crippen LogP contribution in [0.25, 0.3) is 16.0 Å². The third-order valence-electron chi connectivity index (χ3n) is 6.74. The number of benzene rings is 2. The van der Waals surface area contributed by atoms with Crippen LogP contribution in [0.3, 0.4) is 0 Å². The molecule has 5 rings (SSSR count). The largest absolute Gasteiger partial charge is 0.491 e. The number of thiophene rings is 1. The molecule has 8 nitrogen and oxygen atoms in total. The van der Waals surface area contributed by atoms with Gasteiger partial charge in [-0.1, -0.05) is 35.9 Å². The second kappa shape index (κ2) is 11.7. The fourth-order valence-electron chi connectivity index (χ4n) is 4.50. The second-order valence-electron chi connectivity index (χ2n) is 9.29. The number of fused-ring (bicyclic) bond motifs is 1. The standard InChI is InChI=1S/C28H31ClN4O4S/c1-19(20-7-6-10-23(26(20)29)36-16-15-32-13-11-31(2)12-14-32)37-24-17-25(38-27(24)28(34)35-3)33-18-30-21-8-4-5-9-22(21)33/h4-10,17-19H,11-16H2,1-3H3. The molecule has 2 aromatic carbocycles. The zero-order valence-electron chi connectivity index (χ0n) is 21.7. The quantitative estimate of drug-likeness (QED) is 0.260. The van der Waals surface area contributed by atoms with Crippen molar-refractivity contribution >= 4 is 39.9 Å². The summed E-state index contributed by atoms with van der Waals surface area (Å²) >= 11 is 8.06. The number of para-hydroxylation sites is 2. The molecule has 1 saturated heterocycles. The van der Waals surface area contributed by atoms with Gasteiger partial charge in [0.2, 0.25) is 0 Å². The number of hydrogen-bond acceptors (Lipinski definition) is 8. The first-order valence-corrected chi connectivity index (χ1v) is 13.8. The molecule has 1 atom stereocenters. The lowest BCUT2D eigenvalue weighted by atomic mass is 10.1. The highest BCUT2D eigenvalue weighted by molar-refractivity contribution is 7.16. The lowest BCUT2D eigenvalue weighted by molar-refractivity contribution is 0.0600. The summed E-state index contributed by atoms with van der Waals surface area (Å²) in [6.07, 6.45) is 1.30. The van der Waals surface area contributed by atoms with Gasteiger partial charge in [-0.2, -0.15) is 0 Å². The summed E-state index contributed by atoms with van der Waals surface area (Å²) in [5, 5.41) is 1.31. The Morgan fingerprint density at radius 1 is 1.11 bits per heavy atom. The molecule has 1 aliphatic heterocycles. The maximum Gasteiger partial charge on any atom is 0.351 e. The van der Waals surface area contributed by atoms with Crippen molar-refractivity contribution in [2.24, 2.45) is 0 Å². The van der Waals surface area contributed by atoms with E-state index in [-0.39, 0.29) is 0 Å². The minimum absolute atomic E-state index is 0.378. The summed E-state index contributed by atoms with van der Waals surface area (Å²) in [5.41, 5.74) is 2.59. The highest BCUT2D eigenvalue weighted by atomic mass is 35.5. The average Bonchev–Trinajstić information content (AvgIpc) is 3.54. The van der Waals surface area contributed by atoms with Gasteiger partial charge in [-0.25, -0.2) is 9.78 Å². The van der Waals surface area contributed by atoms with Gasteiger partial charge in [0.05, 0.1) is 23.2 Å². The van der Waals surface area contributed by atoms with E-state index in [4.69, 9.17) is 25.8 Å². The van der Waals surface area contributed by atoms with Gasteiger partial charge < -0.3 is 19.1 Å². The van der Waals surface area contributed by atoms with Gasteiger partial charge in [0.15, 0.2) is 4.88 Å². The van der Waals surface area contributed by atoms with Crippen LogP contribution < -0.4 is 9.47 Å². The minimum atomic E-state index is -0.458. The smallest absolute Gasteiger partial charge is 0.351 e. The van der Waals surface area contributed by atoms with E-state index in [1.54, 1.807) is 6.33 Å². The topological polar surface area (TPSA) is 69.1 Å². The molecule has 3 heterocycles. The Bertz CT molecular complexity index is 1410. The Kier molecular flexibility index (Phi) is 8.18. The van der Waals surface area contributed by atoms with Gasteiger partial charge in [-0.05, 0) is 32.2 Å². The number of aromatic nitrogens is 2. The lowest BCUT2D eigenvalue weighted by Gasteiger charge is -2.32. The molecule has 10 heteroatoms. The molecule has 1 unspecified atom stereocenters. The van der Waals surface area contributed by atoms with E-state index < -0.39 is 12.1 Å². The summed E-state index contributed by atoms with van der Waals surface area (Å²) in [7, 11) is 3.51. The molecule has 0 spiro atoms. The number of rotatable bonds is 9. The molecule has 0 radical (unpaired) electrons. The third kappa shape index (κ3) is 5.66. The Hall–Kier alpha value is -3.11. The Balaban J connectivity index is 1.33. The SMILES string of the molecule is COC(=O)c1sc(-n2cnc3ccccc32)cc1OC(C)c1cccc(OCCN2CCN(C)CC2)c1Cl. The van der Waals surface area contributed by atoms with Gasteiger partial charge in [-0.15, -0.1) is 11.3 Å². The third-order valence-corrected chi connectivity index (χ3v) is 8.24. The van der Waals surface area contributed by atoms with E-state index in [1.165, 1.54) is 18.4 Å². The minimum Gasteiger partial charge on any atom is -0.491 e. The highest BCUT2D eigenvalue weighted by Gasteiger charge is 2.24. The molecule has 2 aromatic heterocycles. The van der Waals surface area contributed by atoms with E-state index in [1.807, 2.05) is 60.0 Å². The van der Waals surface area contributed by atoms with Crippen molar-refractivity contribution in [3.8, 4) is 16.5 Å². The highest BCUT2D eigenvalue weighted by Crippen LogP contribution is 2.39. The van der Waals surface area contributed by atoms with E-state index in [9.17, 15) is 4.79 Å². The molecule has 4 aromatic rings. The van der Waals surface area contributed by atoms with Crippen LogP contribution in [0.1, 0.15) is 28.3 Å².